The molecule has 120 valence electrons. The summed E-state index contributed by atoms with van der Waals surface area (Å²) in [5.41, 5.74) is 6.45. The quantitative estimate of drug-likeness (QED) is 0.458. The van der Waals surface area contributed by atoms with Crippen LogP contribution >= 0.6 is 0 Å². The lowest BCUT2D eigenvalue weighted by Crippen LogP contribution is -2.33. The largest absolute Gasteiger partial charge is 0.327 e. The van der Waals surface area contributed by atoms with Gasteiger partial charge in [-0.2, -0.15) is 0 Å². The van der Waals surface area contributed by atoms with E-state index in [1.54, 1.807) is 0 Å². The Hall–Kier alpha value is -0.0400. The molecule has 1 fully saturated rings. The third-order valence-electron chi connectivity index (χ3n) is 5.40. The monoisotopic (exact) mass is 281 g/mol. The summed E-state index contributed by atoms with van der Waals surface area (Å²) in [5, 5.41) is 0. The van der Waals surface area contributed by atoms with Crippen molar-refractivity contribution >= 4 is 0 Å². The second kappa shape index (κ2) is 11.6. The van der Waals surface area contributed by atoms with Gasteiger partial charge < -0.3 is 5.73 Å². The fourth-order valence-electron chi connectivity index (χ4n) is 3.84. The molecule has 20 heavy (non-hydrogen) atoms. The second-order valence-corrected chi connectivity index (χ2v) is 7.13. The minimum absolute atomic E-state index is 0.490. The highest BCUT2D eigenvalue weighted by Gasteiger charge is 2.25. The summed E-state index contributed by atoms with van der Waals surface area (Å²) in [6, 6.07) is 0.490. The summed E-state index contributed by atoms with van der Waals surface area (Å²) in [4.78, 5) is 0. The van der Waals surface area contributed by atoms with E-state index < -0.39 is 0 Å². The first-order valence-corrected chi connectivity index (χ1v) is 9.53. The summed E-state index contributed by atoms with van der Waals surface area (Å²) >= 11 is 0. The van der Waals surface area contributed by atoms with E-state index in [2.05, 4.69) is 13.8 Å². The van der Waals surface area contributed by atoms with Gasteiger partial charge in [-0.1, -0.05) is 84.5 Å². The Morgan fingerprint density at radius 3 is 2.20 bits per heavy atom. The van der Waals surface area contributed by atoms with Crippen LogP contribution in [0.15, 0.2) is 0 Å². The molecular weight excluding hydrogens is 242 g/mol. The maximum atomic E-state index is 6.45. The first-order valence-electron chi connectivity index (χ1n) is 9.53. The fourth-order valence-corrected chi connectivity index (χ4v) is 3.84. The van der Waals surface area contributed by atoms with Crippen molar-refractivity contribution in [2.24, 2.45) is 17.6 Å². The minimum atomic E-state index is 0.490. The molecule has 1 aliphatic carbocycles. The maximum Gasteiger partial charge on any atom is 0.00672 e. The highest BCUT2D eigenvalue weighted by atomic mass is 14.6. The molecule has 3 unspecified atom stereocenters. The molecule has 0 saturated heterocycles. The molecule has 0 aliphatic heterocycles. The van der Waals surface area contributed by atoms with E-state index in [0.717, 1.165) is 11.8 Å². The van der Waals surface area contributed by atoms with E-state index in [9.17, 15) is 0 Å². The Labute approximate surface area is 128 Å². The zero-order valence-corrected chi connectivity index (χ0v) is 14.2. The van der Waals surface area contributed by atoms with Crippen LogP contribution in [0.2, 0.25) is 0 Å². The number of hydrogen-bond acceptors (Lipinski definition) is 1. The molecule has 0 aromatic carbocycles. The van der Waals surface area contributed by atoms with Crippen LogP contribution in [0.3, 0.4) is 0 Å². The van der Waals surface area contributed by atoms with Gasteiger partial charge in [0.15, 0.2) is 0 Å². The highest BCUT2D eigenvalue weighted by molar-refractivity contribution is 4.80. The van der Waals surface area contributed by atoms with E-state index in [4.69, 9.17) is 5.73 Å². The standard InChI is InChI=1S/C19H39N/c1-3-5-6-7-8-9-10-11-15-19(20)18-14-12-13-17(4-2)16-18/h17-19H,3-16,20H2,1-2H3. The average molecular weight is 282 g/mol. The highest BCUT2D eigenvalue weighted by Crippen LogP contribution is 2.33. The molecule has 1 rings (SSSR count). The van der Waals surface area contributed by atoms with Gasteiger partial charge in [-0.25, -0.2) is 0 Å². The molecule has 0 aromatic rings. The van der Waals surface area contributed by atoms with Crippen LogP contribution in [0.25, 0.3) is 0 Å². The third kappa shape index (κ3) is 7.67. The maximum absolute atomic E-state index is 6.45. The lowest BCUT2D eigenvalue weighted by molar-refractivity contribution is 0.221. The van der Waals surface area contributed by atoms with Crippen LogP contribution in [0, 0.1) is 11.8 Å². The van der Waals surface area contributed by atoms with Crippen molar-refractivity contribution in [2.45, 2.75) is 110 Å². The first-order chi connectivity index (χ1) is 9.77. The van der Waals surface area contributed by atoms with E-state index in [-0.39, 0.29) is 0 Å². The minimum Gasteiger partial charge on any atom is -0.327 e. The van der Waals surface area contributed by atoms with Crippen molar-refractivity contribution in [3.8, 4) is 0 Å². The molecule has 1 heteroatoms. The molecule has 1 saturated carbocycles. The molecule has 0 heterocycles. The Kier molecular flexibility index (Phi) is 10.4. The van der Waals surface area contributed by atoms with Gasteiger partial charge in [0, 0.05) is 6.04 Å². The van der Waals surface area contributed by atoms with Crippen LogP contribution in [0.4, 0.5) is 0 Å². The first kappa shape index (κ1) is 18.0. The van der Waals surface area contributed by atoms with Gasteiger partial charge in [0.05, 0.1) is 0 Å². The number of rotatable bonds is 11. The Morgan fingerprint density at radius 1 is 0.900 bits per heavy atom. The molecule has 1 aliphatic rings. The van der Waals surface area contributed by atoms with Crippen LogP contribution in [0.1, 0.15) is 104 Å². The van der Waals surface area contributed by atoms with Gasteiger partial charge in [-0.05, 0) is 31.1 Å². The summed E-state index contributed by atoms with van der Waals surface area (Å²) < 4.78 is 0. The summed E-state index contributed by atoms with van der Waals surface area (Å²) in [6.07, 6.45) is 19.6. The molecule has 0 bridgehead atoms. The van der Waals surface area contributed by atoms with Crippen molar-refractivity contribution in [1.82, 2.24) is 0 Å². The molecular formula is C19H39N. The normalized spacial score (nSPS) is 24.8. The van der Waals surface area contributed by atoms with Gasteiger partial charge in [0.2, 0.25) is 0 Å². The van der Waals surface area contributed by atoms with Crippen LogP contribution in [-0.2, 0) is 0 Å². The van der Waals surface area contributed by atoms with Gasteiger partial charge in [-0.15, -0.1) is 0 Å². The topological polar surface area (TPSA) is 26.0 Å². The van der Waals surface area contributed by atoms with Crippen molar-refractivity contribution < 1.29 is 0 Å². The van der Waals surface area contributed by atoms with Gasteiger partial charge >= 0.3 is 0 Å². The second-order valence-electron chi connectivity index (χ2n) is 7.13. The molecule has 0 radical (unpaired) electrons. The predicted molar refractivity (Wildman–Crippen MR) is 90.9 cm³/mol. The third-order valence-corrected chi connectivity index (χ3v) is 5.40. The SMILES string of the molecule is CCCCCCCCCCC(N)C1CCCC(CC)C1. The van der Waals surface area contributed by atoms with Crippen LogP contribution in [-0.4, -0.2) is 6.04 Å². The van der Waals surface area contributed by atoms with Gasteiger partial charge in [0.25, 0.3) is 0 Å². The zero-order chi connectivity index (χ0) is 14.6. The Balaban J connectivity index is 1.98. The van der Waals surface area contributed by atoms with E-state index in [1.165, 1.54) is 89.9 Å². The molecule has 3 atom stereocenters. The smallest absolute Gasteiger partial charge is 0.00672 e. The number of hydrogen-bond donors (Lipinski definition) is 1. The van der Waals surface area contributed by atoms with Gasteiger partial charge in [0.1, 0.15) is 0 Å². The average Bonchev–Trinajstić information content (AvgIpc) is 2.49. The van der Waals surface area contributed by atoms with E-state index in [1.807, 2.05) is 0 Å². The van der Waals surface area contributed by atoms with Crippen molar-refractivity contribution in [1.29, 1.82) is 0 Å². The zero-order valence-electron chi connectivity index (χ0n) is 14.2. The molecule has 2 N–H and O–H groups in total. The predicted octanol–water partition coefficient (Wildman–Crippen LogP) is 6.06. The summed E-state index contributed by atoms with van der Waals surface area (Å²) in [5.74, 6) is 1.80. The van der Waals surface area contributed by atoms with E-state index in [0.29, 0.717) is 6.04 Å². The van der Waals surface area contributed by atoms with Crippen LogP contribution < -0.4 is 5.73 Å². The van der Waals surface area contributed by atoms with Gasteiger partial charge in [-0.3, -0.25) is 0 Å². The van der Waals surface area contributed by atoms with E-state index >= 15 is 0 Å². The molecule has 0 spiro atoms. The van der Waals surface area contributed by atoms with Crippen molar-refractivity contribution in [2.75, 3.05) is 0 Å². The summed E-state index contributed by atoms with van der Waals surface area (Å²) in [7, 11) is 0. The Bertz CT molecular complexity index is 214. The number of nitrogens with two attached hydrogens (primary N) is 1. The van der Waals surface area contributed by atoms with Crippen molar-refractivity contribution in [3.63, 3.8) is 0 Å². The Morgan fingerprint density at radius 2 is 1.55 bits per heavy atom. The number of unbranched alkanes of at least 4 members (excludes halogenated alkanes) is 7. The molecule has 1 nitrogen and oxygen atoms in total. The molecule has 0 amide bonds. The van der Waals surface area contributed by atoms with Crippen molar-refractivity contribution in [3.05, 3.63) is 0 Å². The lowest BCUT2D eigenvalue weighted by Gasteiger charge is -2.32. The molecule has 0 aromatic heterocycles. The fraction of sp³-hybridized carbons (Fsp3) is 1.00. The lowest BCUT2D eigenvalue weighted by atomic mass is 9.76. The van der Waals surface area contributed by atoms with Crippen LogP contribution in [0.5, 0.6) is 0 Å². The summed E-state index contributed by atoms with van der Waals surface area (Å²) in [6.45, 7) is 4.63.